The van der Waals surface area contributed by atoms with Crippen LogP contribution in [0.2, 0.25) is 0 Å². The van der Waals surface area contributed by atoms with Gasteiger partial charge in [0.2, 0.25) is 0 Å². The van der Waals surface area contributed by atoms with Gasteiger partial charge in [-0.2, -0.15) is 8.42 Å². The fourth-order valence-electron chi connectivity index (χ4n) is 8.00. The van der Waals surface area contributed by atoms with E-state index in [9.17, 15) is 37.8 Å². The van der Waals surface area contributed by atoms with E-state index in [2.05, 4.69) is 60.8 Å². The zero-order valence-electron chi connectivity index (χ0n) is 36.5. The van der Waals surface area contributed by atoms with Gasteiger partial charge < -0.3 is 25.4 Å². The Morgan fingerprint density at radius 1 is 0.672 bits per heavy atom. The molecule has 4 aromatic carbocycles. The Labute approximate surface area is 387 Å². The molecule has 2 atom stereocenters. The summed E-state index contributed by atoms with van der Waals surface area (Å²) < 4.78 is 35.9. The molecule has 67 heavy (non-hydrogen) atoms. The summed E-state index contributed by atoms with van der Waals surface area (Å²) in [6.45, 7) is 1.27. The first-order chi connectivity index (χ1) is 32.4. The van der Waals surface area contributed by atoms with Crippen LogP contribution in [0.5, 0.6) is 0 Å². The van der Waals surface area contributed by atoms with Gasteiger partial charge in [0.1, 0.15) is 19.5 Å². The number of carboxylic acids is 2. The first-order valence-electron chi connectivity index (χ1n) is 21.5. The van der Waals surface area contributed by atoms with Crippen molar-refractivity contribution in [2.24, 2.45) is 27.2 Å². The van der Waals surface area contributed by atoms with Crippen LogP contribution < -0.4 is 5.73 Å². The van der Waals surface area contributed by atoms with Crippen molar-refractivity contribution >= 4 is 34.1 Å². The minimum atomic E-state index is -3.90. The monoisotopic (exact) mass is 933 g/mol. The maximum Gasteiger partial charge on any atom is 0.329 e. The van der Waals surface area contributed by atoms with Gasteiger partial charge in [-0.15, -0.1) is 0 Å². The zero-order valence-corrected chi connectivity index (χ0v) is 37.3. The number of esters is 2. The highest BCUT2D eigenvalue weighted by atomic mass is 32.2. The van der Waals surface area contributed by atoms with E-state index in [-0.39, 0.29) is 37.9 Å². The highest BCUT2D eigenvalue weighted by molar-refractivity contribution is 7.88. The highest BCUT2D eigenvalue weighted by Gasteiger charge is 2.31. The third kappa shape index (κ3) is 14.0. The van der Waals surface area contributed by atoms with Gasteiger partial charge in [0, 0.05) is 40.6 Å². The zero-order chi connectivity index (χ0) is 48.2. The minimum Gasteiger partial charge on any atom is -0.481 e. The number of aromatic nitrogens is 2. The van der Waals surface area contributed by atoms with Crippen LogP contribution in [-0.2, 0) is 38.9 Å². The number of nitrogens with two attached hydrogens (primary N) is 1. The van der Waals surface area contributed by atoms with Crippen molar-refractivity contribution in [1.82, 2.24) is 8.96 Å². The van der Waals surface area contributed by atoms with Gasteiger partial charge in [-0.05, 0) is 87.8 Å². The van der Waals surface area contributed by atoms with Crippen LogP contribution in [-0.4, -0.2) is 77.8 Å². The molecule has 7 rings (SSSR count). The molecule has 2 aliphatic carbocycles. The maximum atomic E-state index is 12.3. The Kier molecular flexibility index (Phi) is 19.0. The summed E-state index contributed by atoms with van der Waals surface area (Å²) in [6.07, 6.45) is 6.63. The van der Waals surface area contributed by atoms with E-state index in [0.29, 0.717) is 49.2 Å². The summed E-state index contributed by atoms with van der Waals surface area (Å²) in [5.74, 6) is -4.50. The van der Waals surface area contributed by atoms with Crippen molar-refractivity contribution in [3.8, 4) is 22.3 Å². The molecule has 0 bridgehead atoms. The van der Waals surface area contributed by atoms with Gasteiger partial charge in [0.25, 0.3) is 0 Å². The number of carbonyl (C=O) groups is 4. The van der Waals surface area contributed by atoms with Crippen LogP contribution in [0.4, 0.5) is 0 Å². The Balaban J connectivity index is 0.000000206. The van der Waals surface area contributed by atoms with Gasteiger partial charge in [0.15, 0.2) is 0 Å². The standard InChI is InChI=1S/C22H23N3O4.C22H25NO4.C3H3N5O2S/c23-25-24-12-6-5-7-15(22(27)28)13-21(26)29-14-20-18-10-3-1-8-16(18)17-9-2-4-11-19(17)20;23-12-6-5-7-15(22(25)26)13-21(24)27-14-20-18-10-3-1-8-16(18)17-9-2-4-11-19(17)20;4-6-7-11(9,10)8-2-1-5-3-8/h1-4,8-11,15,20H,5-7,12-14H2,(H,27,28);1-4,8-11,15,20H,5-7,12-14,23H2,(H,25,26);1-3H/t2*15-;/m00./s1. The first-order valence-corrected chi connectivity index (χ1v) is 22.9. The summed E-state index contributed by atoms with van der Waals surface area (Å²) in [6, 6.07) is 32.4. The number of azide groups is 2. The maximum absolute atomic E-state index is 12.3. The largest absolute Gasteiger partial charge is 0.481 e. The molecular formula is C47H51N9O10S. The number of hydrogen-bond acceptors (Lipinski definition) is 11. The van der Waals surface area contributed by atoms with E-state index in [1.165, 1.54) is 23.5 Å². The second-order valence-electron chi connectivity index (χ2n) is 15.6. The average Bonchev–Trinajstić information content (AvgIpc) is 4.07. The van der Waals surface area contributed by atoms with E-state index in [1.807, 2.05) is 60.7 Å². The molecule has 0 aliphatic heterocycles. The summed E-state index contributed by atoms with van der Waals surface area (Å²) in [5.41, 5.74) is 30.7. The molecule has 0 spiro atoms. The predicted molar refractivity (Wildman–Crippen MR) is 247 cm³/mol. The van der Waals surface area contributed by atoms with Crippen LogP contribution in [0.1, 0.15) is 85.5 Å². The van der Waals surface area contributed by atoms with Crippen molar-refractivity contribution in [1.29, 1.82) is 0 Å². The molecule has 350 valence electrons. The number of carboxylic acid groups (broad SMARTS) is 2. The van der Waals surface area contributed by atoms with E-state index in [1.54, 1.807) is 0 Å². The smallest absolute Gasteiger partial charge is 0.329 e. The number of benzene rings is 4. The number of rotatable bonds is 21. The van der Waals surface area contributed by atoms with Crippen molar-refractivity contribution in [3.63, 3.8) is 0 Å². The third-order valence-electron chi connectivity index (χ3n) is 11.3. The Morgan fingerprint density at radius 3 is 1.45 bits per heavy atom. The molecule has 0 radical (unpaired) electrons. The molecule has 0 fully saturated rings. The van der Waals surface area contributed by atoms with Gasteiger partial charge in [-0.25, -0.2) is 8.96 Å². The first kappa shape index (κ1) is 50.5. The SMILES string of the molecule is NCCCC[C@@H](CC(=O)OCC1c2ccccc2-c2ccccc21)C(=O)O.[N-]=[N+]=NCCCC[C@@H](CC(=O)OCC1c2ccccc2-c2ccccc21)C(=O)O.[N-]=[N+]=NS(=O)(=O)n1ccnc1. The Bertz CT molecular complexity index is 2610. The molecule has 20 heteroatoms. The second-order valence-corrected chi connectivity index (χ2v) is 17.1. The third-order valence-corrected chi connectivity index (χ3v) is 12.3. The number of hydrogen-bond donors (Lipinski definition) is 3. The molecule has 0 saturated carbocycles. The minimum absolute atomic E-state index is 0.0122. The predicted octanol–water partition coefficient (Wildman–Crippen LogP) is 8.76. The lowest BCUT2D eigenvalue weighted by atomic mass is 9.97. The highest BCUT2D eigenvalue weighted by Crippen LogP contribution is 2.45. The fraction of sp³-hybridized carbons (Fsp3) is 0.340. The number of carbonyl (C=O) groups excluding carboxylic acids is 2. The van der Waals surface area contributed by atoms with Crippen LogP contribution in [0, 0.1) is 11.8 Å². The quantitative estimate of drug-likeness (QED) is 0.0204. The summed E-state index contributed by atoms with van der Waals surface area (Å²) in [5, 5.41) is 22.1. The molecule has 0 amide bonds. The Morgan fingerprint density at radius 2 is 1.09 bits per heavy atom. The molecule has 5 aromatic rings. The normalized spacial score (nSPS) is 12.9. The Hall–Kier alpha value is -7.50. The fourth-order valence-corrected chi connectivity index (χ4v) is 8.56. The number of imidazole rings is 1. The van der Waals surface area contributed by atoms with Crippen molar-refractivity contribution in [3.05, 3.63) is 159 Å². The van der Waals surface area contributed by atoms with E-state index in [4.69, 9.17) is 26.3 Å². The molecule has 0 unspecified atom stereocenters. The summed E-state index contributed by atoms with van der Waals surface area (Å²) in [7, 11) is -3.90. The lowest BCUT2D eigenvalue weighted by Crippen LogP contribution is -2.21. The number of nitrogens with zero attached hydrogens (tertiary/aromatic N) is 8. The van der Waals surface area contributed by atoms with Gasteiger partial charge >= 0.3 is 34.1 Å². The molecule has 19 nitrogen and oxygen atoms in total. The molecular weight excluding hydrogens is 883 g/mol. The van der Waals surface area contributed by atoms with E-state index >= 15 is 0 Å². The number of ether oxygens (including phenoxy) is 2. The van der Waals surface area contributed by atoms with Gasteiger partial charge in [0.05, 0.1) is 29.2 Å². The van der Waals surface area contributed by atoms with Crippen molar-refractivity contribution in [2.45, 2.75) is 63.2 Å². The molecule has 1 aromatic heterocycles. The molecule has 0 saturated heterocycles. The number of unbranched alkanes of at least 4 members (excludes halogenated alkanes) is 2. The molecule has 4 N–H and O–H groups in total. The second kappa shape index (κ2) is 25.3. The number of aliphatic carboxylic acids is 2. The lowest BCUT2D eigenvalue weighted by molar-refractivity contribution is -0.152. The summed E-state index contributed by atoms with van der Waals surface area (Å²) >= 11 is 0. The van der Waals surface area contributed by atoms with Gasteiger partial charge in [-0.3, -0.25) is 19.2 Å². The molecule has 1 heterocycles. The topological polar surface area (TPSA) is 303 Å². The average molecular weight is 934 g/mol. The van der Waals surface area contributed by atoms with Crippen molar-refractivity contribution < 1.29 is 47.3 Å². The van der Waals surface area contributed by atoms with Crippen LogP contribution >= 0.6 is 0 Å². The van der Waals surface area contributed by atoms with Crippen LogP contribution in [0.3, 0.4) is 0 Å². The lowest BCUT2D eigenvalue weighted by Gasteiger charge is -2.16. The van der Waals surface area contributed by atoms with Crippen LogP contribution in [0.15, 0.2) is 125 Å². The van der Waals surface area contributed by atoms with Crippen LogP contribution in [0.25, 0.3) is 43.1 Å². The van der Waals surface area contributed by atoms with E-state index < -0.39 is 45.9 Å². The molecule has 2 aliphatic rings. The van der Waals surface area contributed by atoms with E-state index in [0.717, 1.165) is 46.1 Å². The van der Waals surface area contributed by atoms with Gasteiger partial charge in [-0.1, -0.05) is 115 Å². The summed E-state index contributed by atoms with van der Waals surface area (Å²) in [4.78, 5) is 55.7. The number of fused-ring (bicyclic) bond motifs is 6. The van der Waals surface area contributed by atoms with Crippen molar-refractivity contribution in [2.75, 3.05) is 26.3 Å².